The maximum Gasteiger partial charge on any atom is 0.243 e. The van der Waals surface area contributed by atoms with Crippen LogP contribution in [0, 0.1) is 0 Å². The van der Waals surface area contributed by atoms with Gasteiger partial charge in [0.15, 0.2) is 0 Å². The fourth-order valence-electron chi connectivity index (χ4n) is 3.03. The molecule has 32 heavy (non-hydrogen) atoms. The fraction of sp³-hybridized carbons (Fsp3) is 0.174. The Labute approximate surface area is 197 Å². The Bertz CT molecular complexity index is 1170. The van der Waals surface area contributed by atoms with Crippen molar-refractivity contribution >= 4 is 44.8 Å². The van der Waals surface area contributed by atoms with Gasteiger partial charge in [-0.05, 0) is 48.4 Å². The fourth-order valence-corrected chi connectivity index (χ4v) is 4.77. The Hall–Kier alpha value is -2.58. The van der Waals surface area contributed by atoms with E-state index >= 15 is 0 Å². The molecule has 1 amide bonds. The normalized spacial score (nSPS) is 11.4. The van der Waals surface area contributed by atoms with Crippen molar-refractivity contribution in [3.05, 3.63) is 88.4 Å². The van der Waals surface area contributed by atoms with Gasteiger partial charge in [0.05, 0.1) is 34.3 Å². The van der Waals surface area contributed by atoms with Crippen molar-refractivity contribution in [2.45, 2.75) is 11.3 Å². The van der Waals surface area contributed by atoms with E-state index in [9.17, 15) is 13.2 Å². The number of anilines is 1. The average Bonchev–Trinajstić information content (AvgIpc) is 2.80. The molecule has 0 radical (unpaired) electrons. The largest absolute Gasteiger partial charge is 0.497 e. The molecule has 0 heterocycles. The van der Waals surface area contributed by atoms with Crippen molar-refractivity contribution in [3.63, 3.8) is 0 Å². The Morgan fingerprint density at radius 3 is 2.31 bits per heavy atom. The molecule has 0 atom stereocenters. The second-order valence-corrected chi connectivity index (χ2v) is 9.62. The predicted octanol–water partition coefficient (Wildman–Crippen LogP) is 4.87. The first kappa shape index (κ1) is 24.1. The van der Waals surface area contributed by atoms with Gasteiger partial charge in [-0.15, -0.1) is 0 Å². The zero-order valence-corrected chi connectivity index (χ0v) is 19.6. The number of methoxy groups -OCH3 is 1. The molecule has 3 aromatic rings. The molecule has 0 saturated carbocycles. The molecule has 1 N–H and O–H groups in total. The van der Waals surface area contributed by atoms with Gasteiger partial charge in [0.25, 0.3) is 0 Å². The number of carbonyl (C=O) groups is 1. The Morgan fingerprint density at radius 1 is 0.969 bits per heavy atom. The summed E-state index contributed by atoms with van der Waals surface area (Å²) in [4.78, 5) is 12.8. The van der Waals surface area contributed by atoms with E-state index < -0.39 is 15.9 Å². The molecule has 0 spiro atoms. The Balaban J connectivity index is 1.83. The molecule has 0 aromatic heterocycles. The van der Waals surface area contributed by atoms with Crippen LogP contribution in [-0.4, -0.2) is 38.8 Å². The van der Waals surface area contributed by atoms with E-state index in [4.69, 9.17) is 27.9 Å². The van der Waals surface area contributed by atoms with Crippen LogP contribution in [0.3, 0.4) is 0 Å². The minimum Gasteiger partial charge on any atom is -0.497 e. The van der Waals surface area contributed by atoms with Gasteiger partial charge in [-0.25, -0.2) is 8.42 Å². The number of halogens is 2. The number of rotatable bonds is 9. The maximum atomic E-state index is 13.3. The number of sulfonamides is 1. The number of nitrogens with zero attached hydrogens (tertiary/aromatic N) is 1. The highest BCUT2D eigenvalue weighted by atomic mass is 35.5. The third kappa shape index (κ3) is 6.01. The highest BCUT2D eigenvalue weighted by Gasteiger charge is 2.27. The van der Waals surface area contributed by atoms with E-state index in [0.29, 0.717) is 17.9 Å². The molecule has 0 aliphatic carbocycles. The summed E-state index contributed by atoms with van der Waals surface area (Å²) in [6.07, 6.45) is 0.446. The van der Waals surface area contributed by atoms with Crippen LogP contribution in [0.1, 0.15) is 5.56 Å². The van der Waals surface area contributed by atoms with Gasteiger partial charge in [-0.3, -0.25) is 4.79 Å². The van der Waals surface area contributed by atoms with E-state index in [0.717, 1.165) is 9.87 Å². The topological polar surface area (TPSA) is 75.7 Å². The van der Waals surface area contributed by atoms with Gasteiger partial charge in [-0.1, -0.05) is 59.6 Å². The summed E-state index contributed by atoms with van der Waals surface area (Å²) in [6, 6.07) is 20.3. The lowest BCUT2D eigenvalue weighted by molar-refractivity contribution is -0.116. The van der Waals surface area contributed by atoms with Crippen LogP contribution in [0.4, 0.5) is 5.69 Å². The summed E-state index contributed by atoms with van der Waals surface area (Å²) >= 11 is 12.1. The van der Waals surface area contributed by atoms with Gasteiger partial charge in [0, 0.05) is 6.54 Å². The lowest BCUT2D eigenvalue weighted by Gasteiger charge is -2.22. The molecular formula is C23H22Cl2N2O4S. The predicted molar refractivity (Wildman–Crippen MR) is 127 cm³/mol. The van der Waals surface area contributed by atoms with Crippen LogP contribution < -0.4 is 10.1 Å². The molecule has 0 aliphatic rings. The van der Waals surface area contributed by atoms with Crippen LogP contribution in [0.5, 0.6) is 5.75 Å². The summed E-state index contributed by atoms with van der Waals surface area (Å²) in [5.74, 6) is 0.00689. The SMILES string of the molecule is COc1ccc(S(=O)(=O)N(CCc2ccccc2)CC(=O)Nc2cccc(Cl)c2Cl)cc1. The van der Waals surface area contributed by atoms with Crippen molar-refractivity contribution in [2.24, 2.45) is 0 Å². The van der Waals surface area contributed by atoms with Gasteiger partial charge in [0.2, 0.25) is 15.9 Å². The van der Waals surface area contributed by atoms with E-state index in [1.807, 2.05) is 30.3 Å². The number of carbonyl (C=O) groups excluding carboxylic acids is 1. The molecule has 168 valence electrons. The van der Waals surface area contributed by atoms with Gasteiger partial charge < -0.3 is 10.1 Å². The maximum absolute atomic E-state index is 13.3. The molecule has 6 nitrogen and oxygen atoms in total. The van der Waals surface area contributed by atoms with Crippen molar-refractivity contribution in [3.8, 4) is 5.75 Å². The van der Waals surface area contributed by atoms with E-state index in [2.05, 4.69) is 5.32 Å². The number of ether oxygens (including phenoxy) is 1. The summed E-state index contributed by atoms with van der Waals surface area (Å²) < 4.78 is 32.9. The van der Waals surface area contributed by atoms with Crippen LogP contribution in [0.15, 0.2) is 77.7 Å². The van der Waals surface area contributed by atoms with Crippen LogP contribution in [0.25, 0.3) is 0 Å². The lowest BCUT2D eigenvalue weighted by atomic mass is 10.1. The molecular weight excluding hydrogens is 471 g/mol. The Kier molecular flexibility index (Phi) is 8.15. The first-order valence-electron chi connectivity index (χ1n) is 9.73. The number of hydrogen-bond donors (Lipinski definition) is 1. The third-order valence-corrected chi connectivity index (χ3v) is 7.41. The molecule has 0 bridgehead atoms. The molecule has 3 aromatic carbocycles. The highest BCUT2D eigenvalue weighted by Crippen LogP contribution is 2.29. The highest BCUT2D eigenvalue weighted by molar-refractivity contribution is 7.89. The van der Waals surface area contributed by atoms with Crippen molar-refractivity contribution < 1.29 is 17.9 Å². The molecule has 9 heteroatoms. The zero-order valence-electron chi connectivity index (χ0n) is 17.3. The van der Waals surface area contributed by atoms with E-state index in [1.165, 1.54) is 19.2 Å². The van der Waals surface area contributed by atoms with Crippen molar-refractivity contribution in [2.75, 3.05) is 25.5 Å². The monoisotopic (exact) mass is 492 g/mol. The van der Waals surface area contributed by atoms with E-state index in [-0.39, 0.29) is 28.0 Å². The number of nitrogens with one attached hydrogen (secondary N) is 1. The number of hydrogen-bond acceptors (Lipinski definition) is 4. The van der Waals surface area contributed by atoms with Gasteiger partial charge >= 0.3 is 0 Å². The van der Waals surface area contributed by atoms with Gasteiger partial charge in [0.1, 0.15) is 5.75 Å². The lowest BCUT2D eigenvalue weighted by Crippen LogP contribution is -2.39. The van der Waals surface area contributed by atoms with Crippen LogP contribution >= 0.6 is 23.2 Å². The van der Waals surface area contributed by atoms with Crippen molar-refractivity contribution in [1.82, 2.24) is 4.31 Å². The second kappa shape index (κ2) is 10.8. The minimum atomic E-state index is -3.94. The van der Waals surface area contributed by atoms with Crippen LogP contribution in [-0.2, 0) is 21.2 Å². The summed E-state index contributed by atoms with van der Waals surface area (Å²) in [5, 5.41) is 3.12. The summed E-state index contributed by atoms with van der Waals surface area (Å²) in [6.45, 7) is -0.265. The molecule has 0 fully saturated rings. The van der Waals surface area contributed by atoms with Crippen molar-refractivity contribution in [1.29, 1.82) is 0 Å². The number of amides is 1. The third-order valence-electron chi connectivity index (χ3n) is 4.74. The molecule has 0 aliphatic heterocycles. The molecule has 0 saturated heterocycles. The van der Waals surface area contributed by atoms with Crippen LogP contribution in [0.2, 0.25) is 10.0 Å². The average molecular weight is 493 g/mol. The summed E-state index contributed by atoms with van der Waals surface area (Å²) in [7, 11) is -2.44. The second-order valence-electron chi connectivity index (χ2n) is 6.90. The minimum absolute atomic E-state index is 0.0694. The standard InChI is InChI=1S/C23H22Cl2N2O4S/c1-31-18-10-12-19(13-11-18)32(29,30)27(15-14-17-6-3-2-4-7-17)16-22(28)26-21-9-5-8-20(24)23(21)25/h2-13H,14-16H2,1H3,(H,26,28). The Morgan fingerprint density at radius 2 is 1.66 bits per heavy atom. The molecule has 3 rings (SSSR count). The zero-order chi connectivity index (χ0) is 23.1. The first-order valence-corrected chi connectivity index (χ1v) is 11.9. The van der Waals surface area contributed by atoms with E-state index in [1.54, 1.807) is 30.3 Å². The first-order chi connectivity index (χ1) is 15.3. The summed E-state index contributed by atoms with van der Waals surface area (Å²) in [5.41, 5.74) is 1.27. The van der Waals surface area contributed by atoms with Gasteiger partial charge in [-0.2, -0.15) is 4.31 Å². The smallest absolute Gasteiger partial charge is 0.243 e. The number of benzene rings is 3. The quantitative estimate of drug-likeness (QED) is 0.462. The molecule has 0 unspecified atom stereocenters.